The molecule has 1 aliphatic carbocycles. The fraction of sp³-hybridized carbons (Fsp3) is 0.917. The van der Waals surface area contributed by atoms with Gasteiger partial charge in [-0.1, -0.05) is 19.3 Å². The van der Waals surface area contributed by atoms with Crippen LogP contribution in [0.1, 0.15) is 44.9 Å². The highest BCUT2D eigenvalue weighted by atomic mass is 16.5. The monoisotopic (exact) mass is 193 g/mol. The largest absolute Gasteiger partial charge is 0.381 e. The number of rotatable bonds is 3. The summed E-state index contributed by atoms with van der Waals surface area (Å²) >= 11 is 0. The number of ether oxygens (including phenoxy) is 1. The van der Waals surface area contributed by atoms with Crippen molar-refractivity contribution in [2.24, 2.45) is 11.3 Å². The average molecular weight is 193 g/mol. The first-order valence-corrected chi connectivity index (χ1v) is 5.84. The van der Waals surface area contributed by atoms with E-state index in [1.807, 2.05) is 0 Å². The molecule has 0 unspecified atom stereocenters. The van der Waals surface area contributed by atoms with Crippen molar-refractivity contribution in [3.8, 4) is 6.07 Å². The van der Waals surface area contributed by atoms with Gasteiger partial charge < -0.3 is 4.74 Å². The average Bonchev–Trinajstić information content (AvgIpc) is 2.17. The van der Waals surface area contributed by atoms with Gasteiger partial charge in [-0.15, -0.1) is 0 Å². The van der Waals surface area contributed by atoms with Gasteiger partial charge in [0.1, 0.15) is 0 Å². The first kappa shape index (κ1) is 9.98. The van der Waals surface area contributed by atoms with E-state index >= 15 is 0 Å². The fourth-order valence-corrected chi connectivity index (χ4v) is 2.44. The summed E-state index contributed by atoms with van der Waals surface area (Å²) in [4.78, 5) is 0. The molecule has 2 rings (SSSR count). The van der Waals surface area contributed by atoms with E-state index in [0.29, 0.717) is 0 Å². The summed E-state index contributed by atoms with van der Waals surface area (Å²) in [7, 11) is 0. The quantitative estimate of drug-likeness (QED) is 0.690. The normalized spacial score (nSPS) is 26.5. The van der Waals surface area contributed by atoms with E-state index in [1.165, 1.54) is 25.7 Å². The molecule has 0 aromatic rings. The molecule has 1 aliphatic heterocycles. The molecule has 0 spiro atoms. The Hall–Kier alpha value is -0.550. The number of nitriles is 1. The SMILES string of the molecule is N#CC1(CCC2CCC2)CCOCC1. The van der Waals surface area contributed by atoms with Crippen LogP contribution in [0.5, 0.6) is 0 Å². The van der Waals surface area contributed by atoms with Crippen LogP contribution in [-0.4, -0.2) is 13.2 Å². The van der Waals surface area contributed by atoms with Gasteiger partial charge in [-0.05, 0) is 31.6 Å². The predicted molar refractivity (Wildman–Crippen MR) is 54.7 cm³/mol. The van der Waals surface area contributed by atoms with Crippen molar-refractivity contribution < 1.29 is 4.74 Å². The lowest BCUT2D eigenvalue weighted by atomic mass is 9.73. The van der Waals surface area contributed by atoms with Gasteiger partial charge in [0.25, 0.3) is 0 Å². The molecule has 2 nitrogen and oxygen atoms in total. The highest BCUT2D eigenvalue weighted by molar-refractivity contribution is 5.00. The van der Waals surface area contributed by atoms with Gasteiger partial charge in [-0.2, -0.15) is 5.26 Å². The molecule has 2 fully saturated rings. The standard InChI is InChI=1S/C12H19NO/c13-10-12(6-8-14-9-7-12)5-4-11-2-1-3-11/h11H,1-9H2. The predicted octanol–water partition coefficient (Wildman–Crippen LogP) is 2.89. The maximum Gasteiger partial charge on any atom is 0.0691 e. The van der Waals surface area contributed by atoms with Crippen LogP contribution in [0.4, 0.5) is 0 Å². The Morgan fingerprint density at radius 3 is 2.50 bits per heavy atom. The molecule has 2 heteroatoms. The van der Waals surface area contributed by atoms with Crippen LogP contribution in [0.2, 0.25) is 0 Å². The topological polar surface area (TPSA) is 33.0 Å². The molecule has 0 amide bonds. The second kappa shape index (κ2) is 4.31. The van der Waals surface area contributed by atoms with E-state index in [-0.39, 0.29) is 5.41 Å². The summed E-state index contributed by atoms with van der Waals surface area (Å²) in [5.74, 6) is 0.933. The van der Waals surface area contributed by atoms with Crippen molar-refractivity contribution in [1.82, 2.24) is 0 Å². The molecule has 1 saturated carbocycles. The highest BCUT2D eigenvalue weighted by Gasteiger charge is 2.33. The molecular formula is C12H19NO. The van der Waals surface area contributed by atoms with Crippen LogP contribution >= 0.6 is 0 Å². The summed E-state index contributed by atoms with van der Waals surface area (Å²) in [6.07, 6.45) is 8.50. The van der Waals surface area contributed by atoms with Crippen molar-refractivity contribution in [3.63, 3.8) is 0 Å². The molecule has 0 N–H and O–H groups in total. The molecule has 78 valence electrons. The zero-order valence-electron chi connectivity index (χ0n) is 8.80. The van der Waals surface area contributed by atoms with E-state index in [1.54, 1.807) is 0 Å². The van der Waals surface area contributed by atoms with Crippen molar-refractivity contribution in [1.29, 1.82) is 5.26 Å². The first-order chi connectivity index (χ1) is 6.85. The second-order valence-corrected chi connectivity index (χ2v) is 4.84. The molecule has 1 saturated heterocycles. The molecule has 0 aromatic carbocycles. The van der Waals surface area contributed by atoms with Crippen molar-refractivity contribution in [2.75, 3.05) is 13.2 Å². The third-order valence-electron chi connectivity index (χ3n) is 3.94. The van der Waals surface area contributed by atoms with Crippen molar-refractivity contribution in [3.05, 3.63) is 0 Å². The van der Waals surface area contributed by atoms with Gasteiger partial charge in [0.05, 0.1) is 11.5 Å². The summed E-state index contributed by atoms with van der Waals surface area (Å²) in [5.41, 5.74) is -0.0339. The highest BCUT2D eigenvalue weighted by Crippen LogP contribution is 2.39. The first-order valence-electron chi connectivity index (χ1n) is 5.84. The van der Waals surface area contributed by atoms with Gasteiger partial charge in [-0.3, -0.25) is 0 Å². The van der Waals surface area contributed by atoms with Gasteiger partial charge in [-0.25, -0.2) is 0 Å². The molecular weight excluding hydrogens is 174 g/mol. The minimum atomic E-state index is -0.0339. The Balaban J connectivity index is 1.81. The fourth-order valence-electron chi connectivity index (χ4n) is 2.44. The summed E-state index contributed by atoms with van der Waals surface area (Å²) in [6.45, 7) is 1.58. The van der Waals surface area contributed by atoms with Gasteiger partial charge in [0.2, 0.25) is 0 Å². The second-order valence-electron chi connectivity index (χ2n) is 4.84. The Kier molecular flexibility index (Phi) is 3.08. The molecule has 0 atom stereocenters. The molecule has 0 bridgehead atoms. The van der Waals surface area contributed by atoms with E-state index in [4.69, 9.17) is 4.74 Å². The summed E-state index contributed by atoms with van der Waals surface area (Å²) in [6, 6.07) is 2.54. The number of hydrogen-bond donors (Lipinski definition) is 0. The maximum atomic E-state index is 9.24. The molecule has 0 aromatic heterocycles. The minimum absolute atomic E-state index is 0.0339. The van der Waals surface area contributed by atoms with Crippen LogP contribution in [0.15, 0.2) is 0 Å². The Labute approximate surface area is 86.2 Å². The molecule has 1 heterocycles. The zero-order valence-corrected chi connectivity index (χ0v) is 8.80. The Morgan fingerprint density at radius 2 is 2.00 bits per heavy atom. The maximum absolute atomic E-state index is 9.24. The van der Waals surface area contributed by atoms with Crippen LogP contribution in [0, 0.1) is 22.7 Å². The number of nitrogens with zero attached hydrogens (tertiary/aromatic N) is 1. The van der Waals surface area contributed by atoms with Crippen LogP contribution in [0.25, 0.3) is 0 Å². The van der Waals surface area contributed by atoms with E-state index < -0.39 is 0 Å². The molecule has 14 heavy (non-hydrogen) atoms. The lowest BCUT2D eigenvalue weighted by molar-refractivity contribution is 0.0325. The van der Waals surface area contributed by atoms with Crippen LogP contribution < -0.4 is 0 Å². The summed E-state index contributed by atoms with van der Waals surface area (Å²) in [5, 5.41) is 9.24. The number of hydrogen-bond acceptors (Lipinski definition) is 2. The zero-order chi connectivity index (χ0) is 9.86. The lowest BCUT2D eigenvalue weighted by Crippen LogP contribution is -2.29. The van der Waals surface area contributed by atoms with Crippen LogP contribution in [0.3, 0.4) is 0 Å². The smallest absolute Gasteiger partial charge is 0.0691 e. The summed E-state index contributed by atoms with van der Waals surface area (Å²) < 4.78 is 5.32. The van der Waals surface area contributed by atoms with Crippen molar-refractivity contribution >= 4 is 0 Å². The Bertz CT molecular complexity index is 221. The van der Waals surface area contributed by atoms with E-state index in [0.717, 1.165) is 38.4 Å². The molecule has 0 radical (unpaired) electrons. The Morgan fingerprint density at radius 1 is 1.29 bits per heavy atom. The van der Waals surface area contributed by atoms with E-state index in [2.05, 4.69) is 6.07 Å². The third-order valence-corrected chi connectivity index (χ3v) is 3.94. The van der Waals surface area contributed by atoms with Crippen LogP contribution in [-0.2, 0) is 4.74 Å². The lowest BCUT2D eigenvalue weighted by Gasteiger charge is -2.34. The third kappa shape index (κ3) is 2.09. The van der Waals surface area contributed by atoms with Gasteiger partial charge in [0, 0.05) is 13.2 Å². The van der Waals surface area contributed by atoms with Gasteiger partial charge >= 0.3 is 0 Å². The van der Waals surface area contributed by atoms with E-state index in [9.17, 15) is 5.26 Å². The van der Waals surface area contributed by atoms with Gasteiger partial charge in [0.15, 0.2) is 0 Å². The minimum Gasteiger partial charge on any atom is -0.381 e. The van der Waals surface area contributed by atoms with Crippen molar-refractivity contribution in [2.45, 2.75) is 44.9 Å². The molecule has 2 aliphatic rings.